The molecule has 1 saturated heterocycles. The number of rotatable bonds is 10. The average molecular weight is 429 g/mol. The lowest BCUT2D eigenvalue weighted by Gasteiger charge is -2.32. The summed E-state index contributed by atoms with van der Waals surface area (Å²) in [5.74, 6) is 2.79. The number of benzene rings is 1. The van der Waals surface area contributed by atoms with Gasteiger partial charge in [0.1, 0.15) is 17.3 Å². The highest BCUT2D eigenvalue weighted by Crippen LogP contribution is 2.25. The molecule has 1 N–H and O–H groups in total. The van der Waals surface area contributed by atoms with E-state index in [2.05, 4.69) is 5.32 Å². The Kier molecular flexibility index (Phi) is 8.38. The number of aryl methyl sites for hydroxylation is 1. The van der Waals surface area contributed by atoms with Crippen molar-refractivity contribution in [1.82, 2.24) is 10.2 Å². The quantitative estimate of drug-likeness (QED) is 0.626. The Bertz CT molecular complexity index is 850. The molecule has 0 bridgehead atoms. The second-order valence-corrected chi connectivity index (χ2v) is 7.92. The second-order valence-electron chi connectivity index (χ2n) is 7.92. The van der Waals surface area contributed by atoms with Crippen LogP contribution in [0.25, 0.3) is 0 Å². The number of nitrogens with zero attached hydrogens (tertiary/aromatic N) is 1. The summed E-state index contributed by atoms with van der Waals surface area (Å²) in [5, 5.41) is 2.97. The molecular formula is C24H32N2O5. The SMILES string of the molecule is COc1ccc(CNC(=O)CC[C@H]2CCCN(C(=O)CCc3ccco3)C2)c(OC)c1. The van der Waals surface area contributed by atoms with E-state index < -0.39 is 0 Å². The molecule has 1 aliphatic heterocycles. The van der Waals surface area contributed by atoms with Crippen LogP contribution < -0.4 is 14.8 Å². The van der Waals surface area contributed by atoms with Crippen molar-refractivity contribution >= 4 is 11.8 Å². The topological polar surface area (TPSA) is 81.0 Å². The van der Waals surface area contributed by atoms with Crippen molar-refractivity contribution in [3.63, 3.8) is 0 Å². The van der Waals surface area contributed by atoms with Crippen LogP contribution in [-0.4, -0.2) is 44.0 Å². The zero-order chi connectivity index (χ0) is 22.1. The number of carbonyl (C=O) groups is 2. The van der Waals surface area contributed by atoms with Crippen molar-refractivity contribution in [3.05, 3.63) is 47.9 Å². The van der Waals surface area contributed by atoms with Gasteiger partial charge in [-0.3, -0.25) is 9.59 Å². The Morgan fingerprint density at radius 2 is 2.06 bits per heavy atom. The molecule has 0 saturated carbocycles. The van der Waals surface area contributed by atoms with Gasteiger partial charge >= 0.3 is 0 Å². The first-order chi connectivity index (χ1) is 15.1. The van der Waals surface area contributed by atoms with Crippen LogP contribution in [0.2, 0.25) is 0 Å². The maximum Gasteiger partial charge on any atom is 0.223 e. The van der Waals surface area contributed by atoms with Gasteiger partial charge in [-0.2, -0.15) is 0 Å². The van der Waals surface area contributed by atoms with Crippen LogP contribution in [0.3, 0.4) is 0 Å². The van der Waals surface area contributed by atoms with Gasteiger partial charge in [-0.1, -0.05) is 0 Å². The molecule has 31 heavy (non-hydrogen) atoms. The van der Waals surface area contributed by atoms with E-state index in [9.17, 15) is 9.59 Å². The van der Waals surface area contributed by atoms with E-state index in [0.717, 1.165) is 43.7 Å². The van der Waals surface area contributed by atoms with Gasteiger partial charge < -0.3 is 24.1 Å². The van der Waals surface area contributed by atoms with E-state index >= 15 is 0 Å². The Labute approximate surface area is 183 Å². The van der Waals surface area contributed by atoms with E-state index in [-0.39, 0.29) is 11.8 Å². The molecule has 2 aromatic rings. The summed E-state index contributed by atoms with van der Waals surface area (Å²) >= 11 is 0. The van der Waals surface area contributed by atoms with E-state index in [1.54, 1.807) is 26.5 Å². The molecule has 168 valence electrons. The number of methoxy groups -OCH3 is 2. The van der Waals surface area contributed by atoms with Crippen LogP contribution in [0.4, 0.5) is 0 Å². The van der Waals surface area contributed by atoms with Gasteiger partial charge in [0.05, 0.1) is 20.5 Å². The molecule has 0 spiro atoms. The van der Waals surface area contributed by atoms with E-state index in [1.807, 2.05) is 29.2 Å². The Hall–Kier alpha value is -2.96. The first-order valence-electron chi connectivity index (χ1n) is 10.9. The highest BCUT2D eigenvalue weighted by Gasteiger charge is 2.24. The van der Waals surface area contributed by atoms with Crippen LogP contribution >= 0.6 is 0 Å². The molecule has 2 amide bonds. The normalized spacial score (nSPS) is 16.1. The predicted molar refractivity (Wildman–Crippen MR) is 117 cm³/mol. The van der Waals surface area contributed by atoms with Gasteiger partial charge in [-0.25, -0.2) is 0 Å². The lowest BCUT2D eigenvalue weighted by atomic mass is 9.93. The van der Waals surface area contributed by atoms with E-state index in [0.29, 0.717) is 43.2 Å². The summed E-state index contributed by atoms with van der Waals surface area (Å²) in [6, 6.07) is 9.29. The fourth-order valence-corrected chi connectivity index (χ4v) is 3.99. The number of carbonyl (C=O) groups excluding carboxylic acids is 2. The third kappa shape index (κ3) is 6.77. The molecule has 7 nitrogen and oxygen atoms in total. The van der Waals surface area contributed by atoms with E-state index in [1.165, 1.54) is 0 Å². The number of nitrogens with one attached hydrogen (secondary N) is 1. The monoisotopic (exact) mass is 428 g/mol. The summed E-state index contributed by atoms with van der Waals surface area (Å²) in [5.41, 5.74) is 0.905. The summed E-state index contributed by atoms with van der Waals surface area (Å²) in [6.07, 6.45) is 6.01. The Balaban J connectivity index is 1.40. The molecule has 1 aromatic carbocycles. The Morgan fingerprint density at radius 1 is 1.19 bits per heavy atom. The van der Waals surface area contributed by atoms with Crippen LogP contribution in [0.1, 0.15) is 43.4 Å². The fraction of sp³-hybridized carbons (Fsp3) is 0.500. The van der Waals surface area contributed by atoms with Crippen LogP contribution in [-0.2, 0) is 22.6 Å². The lowest BCUT2D eigenvalue weighted by molar-refractivity contribution is -0.133. The van der Waals surface area contributed by atoms with Crippen LogP contribution in [0.15, 0.2) is 41.0 Å². The standard InChI is InChI=1S/C24H32N2O5/c1-29-21-9-8-19(22(15-21)30-2)16-25-23(27)11-7-18-5-3-13-26(17-18)24(28)12-10-20-6-4-14-31-20/h4,6,8-9,14-15,18H,3,5,7,10-13,16-17H2,1-2H3,(H,25,27)/t18-/m1/s1. The number of hydrogen-bond donors (Lipinski definition) is 1. The number of hydrogen-bond acceptors (Lipinski definition) is 5. The third-order valence-corrected chi connectivity index (χ3v) is 5.79. The highest BCUT2D eigenvalue weighted by atomic mass is 16.5. The molecule has 0 radical (unpaired) electrons. The van der Waals surface area contributed by atoms with Crippen molar-refractivity contribution in [2.24, 2.45) is 5.92 Å². The minimum absolute atomic E-state index is 0.0131. The molecule has 0 aliphatic carbocycles. The zero-order valence-electron chi connectivity index (χ0n) is 18.4. The molecule has 7 heteroatoms. The average Bonchev–Trinajstić information content (AvgIpc) is 3.33. The van der Waals surface area contributed by atoms with Gasteiger partial charge in [0.25, 0.3) is 0 Å². The molecule has 3 rings (SSSR count). The number of amides is 2. The summed E-state index contributed by atoms with van der Waals surface area (Å²) in [7, 11) is 3.21. The van der Waals surface area contributed by atoms with Gasteiger partial charge in [-0.05, 0) is 49.4 Å². The highest BCUT2D eigenvalue weighted by molar-refractivity contribution is 5.77. The predicted octanol–water partition coefficient (Wildman–Crippen LogP) is 3.56. The zero-order valence-corrected chi connectivity index (χ0v) is 18.4. The molecule has 1 aromatic heterocycles. The lowest BCUT2D eigenvalue weighted by Crippen LogP contribution is -2.40. The molecule has 1 atom stereocenters. The van der Waals surface area contributed by atoms with Crippen molar-refractivity contribution in [3.8, 4) is 11.5 Å². The molecule has 1 fully saturated rings. The van der Waals surface area contributed by atoms with Gasteiger partial charge in [0.2, 0.25) is 11.8 Å². The van der Waals surface area contributed by atoms with E-state index in [4.69, 9.17) is 13.9 Å². The van der Waals surface area contributed by atoms with Crippen LogP contribution in [0.5, 0.6) is 11.5 Å². The van der Waals surface area contributed by atoms with Gasteiger partial charge in [0.15, 0.2) is 0 Å². The smallest absolute Gasteiger partial charge is 0.223 e. The molecule has 2 heterocycles. The van der Waals surface area contributed by atoms with Gasteiger partial charge in [-0.15, -0.1) is 0 Å². The largest absolute Gasteiger partial charge is 0.497 e. The summed E-state index contributed by atoms with van der Waals surface area (Å²) < 4.78 is 15.9. The minimum Gasteiger partial charge on any atom is -0.497 e. The van der Waals surface area contributed by atoms with Crippen molar-refractivity contribution in [2.75, 3.05) is 27.3 Å². The maximum absolute atomic E-state index is 12.5. The number of furan rings is 1. The number of ether oxygens (including phenoxy) is 2. The summed E-state index contributed by atoms with van der Waals surface area (Å²) in [6.45, 7) is 1.95. The Morgan fingerprint density at radius 3 is 2.81 bits per heavy atom. The maximum atomic E-state index is 12.5. The second kappa shape index (κ2) is 11.4. The summed E-state index contributed by atoms with van der Waals surface area (Å²) in [4.78, 5) is 26.8. The van der Waals surface area contributed by atoms with Gasteiger partial charge in [0, 0.05) is 50.5 Å². The number of likely N-dealkylation sites (tertiary alicyclic amines) is 1. The first-order valence-corrected chi connectivity index (χ1v) is 10.9. The van der Waals surface area contributed by atoms with Crippen LogP contribution in [0, 0.1) is 5.92 Å². The first kappa shape index (κ1) is 22.7. The van der Waals surface area contributed by atoms with Crippen molar-refractivity contribution in [1.29, 1.82) is 0 Å². The van der Waals surface area contributed by atoms with Crippen molar-refractivity contribution < 1.29 is 23.5 Å². The molecular weight excluding hydrogens is 396 g/mol. The molecule has 1 aliphatic rings. The fourth-order valence-electron chi connectivity index (χ4n) is 3.99. The van der Waals surface area contributed by atoms with Crippen molar-refractivity contribution in [2.45, 2.75) is 45.1 Å². The minimum atomic E-state index is 0.0131. The molecule has 0 unspecified atom stereocenters. The number of piperidine rings is 1. The third-order valence-electron chi connectivity index (χ3n) is 5.79.